The fourth-order valence-corrected chi connectivity index (χ4v) is 3.61. The molecule has 0 bridgehead atoms. The van der Waals surface area contributed by atoms with Crippen molar-refractivity contribution in [2.24, 2.45) is 5.92 Å². The first-order valence-corrected chi connectivity index (χ1v) is 10.4. The lowest BCUT2D eigenvalue weighted by Gasteiger charge is -2.06. The number of nitrogens with one attached hydrogen (secondary N) is 1. The van der Waals surface area contributed by atoms with Gasteiger partial charge in [-0.15, -0.1) is 0 Å². The van der Waals surface area contributed by atoms with Gasteiger partial charge in [0, 0.05) is 18.2 Å². The highest BCUT2D eigenvalue weighted by molar-refractivity contribution is 6.31. The fraction of sp³-hybridized carbons (Fsp3) is 0.348. The first-order valence-electron chi connectivity index (χ1n) is 10.0. The van der Waals surface area contributed by atoms with Crippen LogP contribution in [0.1, 0.15) is 42.1 Å². The van der Waals surface area contributed by atoms with Crippen LogP contribution in [-0.4, -0.2) is 25.5 Å². The second-order valence-corrected chi connectivity index (χ2v) is 8.34. The SMILES string of the molecule is Cc1ccc(-n2nc(C)c(NC(=O)/C=C/c3c(C)nn(CC(C)C)c3Cl)c2C)cc1. The molecule has 3 aromatic rings. The summed E-state index contributed by atoms with van der Waals surface area (Å²) in [6.07, 6.45) is 3.20. The molecule has 0 aliphatic rings. The molecule has 1 aromatic carbocycles. The van der Waals surface area contributed by atoms with Gasteiger partial charge in [0.1, 0.15) is 5.15 Å². The van der Waals surface area contributed by atoms with Crippen molar-refractivity contribution in [2.45, 2.75) is 48.1 Å². The molecule has 7 heteroatoms. The number of hydrogen-bond acceptors (Lipinski definition) is 3. The Hall–Kier alpha value is -2.86. The van der Waals surface area contributed by atoms with Gasteiger partial charge in [0.05, 0.1) is 28.5 Å². The van der Waals surface area contributed by atoms with Crippen molar-refractivity contribution in [3.63, 3.8) is 0 Å². The summed E-state index contributed by atoms with van der Waals surface area (Å²) >= 11 is 6.45. The van der Waals surface area contributed by atoms with E-state index in [2.05, 4.69) is 29.4 Å². The van der Waals surface area contributed by atoms with Crippen LogP contribution in [0.15, 0.2) is 30.3 Å². The van der Waals surface area contributed by atoms with Crippen LogP contribution in [0, 0.1) is 33.6 Å². The van der Waals surface area contributed by atoms with Crippen LogP contribution in [0.3, 0.4) is 0 Å². The van der Waals surface area contributed by atoms with Crippen molar-refractivity contribution < 1.29 is 4.79 Å². The van der Waals surface area contributed by atoms with Crippen LogP contribution in [-0.2, 0) is 11.3 Å². The number of nitrogens with zero attached hydrogens (tertiary/aromatic N) is 4. The van der Waals surface area contributed by atoms with Crippen molar-refractivity contribution in [1.82, 2.24) is 19.6 Å². The van der Waals surface area contributed by atoms with Crippen LogP contribution < -0.4 is 5.32 Å². The van der Waals surface area contributed by atoms with Crippen LogP contribution in [0.2, 0.25) is 5.15 Å². The first-order chi connectivity index (χ1) is 14.2. The second-order valence-electron chi connectivity index (χ2n) is 7.98. The molecule has 0 spiro atoms. The van der Waals surface area contributed by atoms with Gasteiger partial charge in [0.15, 0.2) is 0 Å². The third-order valence-electron chi connectivity index (χ3n) is 4.87. The lowest BCUT2D eigenvalue weighted by molar-refractivity contribution is -0.111. The summed E-state index contributed by atoms with van der Waals surface area (Å²) in [6, 6.07) is 8.11. The van der Waals surface area contributed by atoms with E-state index in [1.165, 1.54) is 11.6 Å². The van der Waals surface area contributed by atoms with E-state index in [4.69, 9.17) is 11.6 Å². The Morgan fingerprint density at radius 2 is 1.77 bits per heavy atom. The van der Waals surface area contributed by atoms with Crippen LogP contribution in [0.4, 0.5) is 5.69 Å². The van der Waals surface area contributed by atoms with Gasteiger partial charge in [-0.05, 0) is 51.8 Å². The highest BCUT2D eigenvalue weighted by Crippen LogP contribution is 2.24. The van der Waals surface area contributed by atoms with E-state index in [1.54, 1.807) is 10.8 Å². The van der Waals surface area contributed by atoms with Gasteiger partial charge in [0.2, 0.25) is 5.91 Å². The Bertz CT molecular complexity index is 1090. The number of hydrogen-bond donors (Lipinski definition) is 1. The highest BCUT2D eigenvalue weighted by atomic mass is 35.5. The van der Waals surface area contributed by atoms with E-state index in [-0.39, 0.29) is 5.91 Å². The molecular formula is C23H28ClN5O. The third-order valence-corrected chi connectivity index (χ3v) is 5.27. The van der Waals surface area contributed by atoms with E-state index >= 15 is 0 Å². The van der Waals surface area contributed by atoms with E-state index in [9.17, 15) is 4.79 Å². The zero-order chi connectivity index (χ0) is 22.0. The Morgan fingerprint density at radius 1 is 1.10 bits per heavy atom. The van der Waals surface area contributed by atoms with Crippen molar-refractivity contribution in [3.05, 3.63) is 63.7 Å². The summed E-state index contributed by atoms with van der Waals surface area (Å²) in [5.41, 5.74) is 6.04. The predicted molar refractivity (Wildman–Crippen MR) is 122 cm³/mol. The van der Waals surface area contributed by atoms with Gasteiger partial charge in [0.25, 0.3) is 0 Å². The fourth-order valence-electron chi connectivity index (χ4n) is 3.31. The molecule has 0 saturated carbocycles. The number of rotatable bonds is 6. The molecule has 2 aromatic heterocycles. The molecule has 0 aliphatic heterocycles. The van der Waals surface area contributed by atoms with Crippen LogP contribution >= 0.6 is 11.6 Å². The van der Waals surface area contributed by atoms with E-state index in [0.29, 0.717) is 16.8 Å². The summed E-state index contributed by atoms with van der Waals surface area (Å²) < 4.78 is 3.62. The lowest BCUT2D eigenvalue weighted by Crippen LogP contribution is -2.09. The maximum Gasteiger partial charge on any atom is 0.248 e. The Balaban J connectivity index is 1.79. The number of carbonyl (C=O) groups is 1. The summed E-state index contributed by atoms with van der Waals surface area (Å²) in [5.74, 6) is 0.190. The van der Waals surface area contributed by atoms with E-state index in [1.807, 2.05) is 56.6 Å². The molecule has 1 amide bonds. The maximum absolute atomic E-state index is 12.6. The molecule has 6 nitrogen and oxygen atoms in total. The van der Waals surface area contributed by atoms with Gasteiger partial charge in [-0.2, -0.15) is 10.2 Å². The van der Waals surface area contributed by atoms with Gasteiger partial charge >= 0.3 is 0 Å². The van der Waals surface area contributed by atoms with Gasteiger partial charge in [-0.25, -0.2) is 4.68 Å². The van der Waals surface area contributed by atoms with Crippen molar-refractivity contribution in [1.29, 1.82) is 0 Å². The molecule has 0 saturated heterocycles. The van der Waals surface area contributed by atoms with Crippen molar-refractivity contribution in [2.75, 3.05) is 5.32 Å². The average Bonchev–Trinajstić information content (AvgIpc) is 3.10. The molecule has 2 heterocycles. The van der Waals surface area contributed by atoms with Crippen LogP contribution in [0.25, 0.3) is 11.8 Å². The van der Waals surface area contributed by atoms with Crippen LogP contribution in [0.5, 0.6) is 0 Å². The monoisotopic (exact) mass is 425 g/mol. The summed E-state index contributed by atoms with van der Waals surface area (Å²) in [5, 5.41) is 12.6. The molecule has 30 heavy (non-hydrogen) atoms. The molecule has 0 atom stereocenters. The second kappa shape index (κ2) is 8.88. The summed E-state index contributed by atoms with van der Waals surface area (Å²) in [6.45, 7) is 12.7. The van der Waals surface area contributed by atoms with Gasteiger partial charge < -0.3 is 5.32 Å². The number of anilines is 1. The van der Waals surface area contributed by atoms with Crippen molar-refractivity contribution in [3.8, 4) is 5.69 Å². The minimum absolute atomic E-state index is 0.239. The quantitative estimate of drug-likeness (QED) is 0.547. The normalized spacial score (nSPS) is 11.6. The smallest absolute Gasteiger partial charge is 0.248 e. The number of aryl methyl sites for hydroxylation is 3. The van der Waals surface area contributed by atoms with E-state index < -0.39 is 0 Å². The minimum atomic E-state index is -0.239. The molecule has 1 N–H and O–H groups in total. The Labute approximate surface area is 182 Å². The van der Waals surface area contributed by atoms with Gasteiger partial charge in [-0.1, -0.05) is 43.1 Å². The molecule has 0 fully saturated rings. The Morgan fingerprint density at radius 3 is 2.40 bits per heavy atom. The number of aromatic nitrogens is 4. The summed E-state index contributed by atoms with van der Waals surface area (Å²) in [4.78, 5) is 12.6. The zero-order valence-corrected chi connectivity index (χ0v) is 19.1. The molecule has 0 radical (unpaired) electrons. The number of amides is 1. The topological polar surface area (TPSA) is 64.7 Å². The first kappa shape index (κ1) is 21.8. The van der Waals surface area contributed by atoms with Gasteiger partial charge in [-0.3, -0.25) is 9.48 Å². The molecule has 3 rings (SSSR count). The number of carbonyl (C=O) groups excluding carboxylic acids is 1. The Kier molecular flexibility index (Phi) is 6.46. The van der Waals surface area contributed by atoms with E-state index in [0.717, 1.165) is 34.9 Å². The highest BCUT2D eigenvalue weighted by Gasteiger charge is 2.15. The largest absolute Gasteiger partial charge is 0.319 e. The minimum Gasteiger partial charge on any atom is -0.319 e. The third kappa shape index (κ3) is 4.65. The summed E-state index contributed by atoms with van der Waals surface area (Å²) in [7, 11) is 0. The number of halogens is 1. The standard InChI is InChI=1S/C23H28ClN5O/c1-14(2)13-28-23(24)20(16(4)26-28)11-12-21(30)25-22-17(5)27-29(18(22)6)19-9-7-15(3)8-10-19/h7-12,14H,13H2,1-6H3,(H,25,30)/b12-11+. The molecule has 0 unspecified atom stereocenters. The molecule has 0 aliphatic carbocycles. The molecular weight excluding hydrogens is 398 g/mol. The van der Waals surface area contributed by atoms with Crippen molar-refractivity contribution >= 4 is 29.3 Å². The zero-order valence-electron chi connectivity index (χ0n) is 18.3. The number of benzene rings is 1. The molecule has 158 valence electrons. The lowest BCUT2D eigenvalue weighted by atomic mass is 10.2. The predicted octanol–water partition coefficient (Wildman–Crippen LogP) is 5.26. The maximum atomic E-state index is 12.6. The average molecular weight is 426 g/mol.